The number of nitrogens with zero attached hydrogens (tertiary/aromatic N) is 1. The Morgan fingerprint density at radius 3 is 1.97 bits per heavy atom. The van der Waals surface area contributed by atoms with E-state index in [1.165, 1.54) is 7.11 Å². The molecule has 0 aliphatic carbocycles. The quantitative estimate of drug-likeness (QED) is 0.547. The maximum atomic E-state index is 13.1. The highest BCUT2D eigenvalue weighted by Gasteiger charge is 2.37. The Morgan fingerprint density at radius 2 is 1.48 bits per heavy atom. The van der Waals surface area contributed by atoms with Crippen LogP contribution in [0.5, 0.6) is 5.75 Å². The standard InChI is InChI=1S/C23H24F6N2O2/c1-33-19-7-5-15(6-8-19)20(31-9-3-2-4-10-31)14-30-21(32)16-11-17(22(24,25)26)13-18(12-16)23(27,28)29/h5-8,11-13,20H,2-4,9-10,14H2,1H3,(H,30,32). The summed E-state index contributed by atoms with van der Waals surface area (Å²) in [4.78, 5) is 14.8. The normalized spacial score (nSPS) is 16.3. The van der Waals surface area contributed by atoms with Gasteiger partial charge in [-0.15, -0.1) is 0 Å². The zero-order chi connectivity index (χ0) is 24.2. The van der Waals surface area contributed by atoms with E-state index < -0.39 is 35.0 Å². The number of hydrogen-bond donors (Lipinski definition) is 1. The molecule has 0 aromatic heterocycles. The van der Waals surface area contributed by atoms with Crippen molar-refractivity contribution in [1.82, 2.24) is 10.2 Å². The van der Waals surface area contributed by atoms with E-state index in [1.807, 2.05) is 12.1 Å². The summed E-state index contributed by atoms with van der Waals surface area (Å²) >= 11 is 0. The molecule has 1 aliphatic rings. The van der Waals surface area contributed by atoms with E-state index >= 15 is 0 Å². The van der Waals surface area contributed by atoms with Crippen LogP contribution in [0.15, 0.2) is 42.5 Å². The molecule has 1 heterocycles. The number of carbonyl (C=O) groups excluding carboxylic acids is 1. The summed E-state index contributed by atoms with van der Waals surface area (Å²) in [5.41, 5.74) is -2.88. The van der Waals surface area contributed by atoms with E-state index in [0.717, 1.165) is 37.9 Å². The average Bonchev–Trinajstić information content (AvgIpc) is 2.78. The lowest BCUT2D eigenvalue weighted by atomic mass is 10.0. The van der Waals surface area contributed by atoms with Crippen LogP contribution in [0.4, 0.5) is 26.3 Å². The van der Waals surface area contributed by atoms with Gasteiger partial charge in [0.05, 0.1) is 24.3 Å². The molecule has 1 N–H and O–H groups in total. The molecule has 2 aromatic carbocycles. The highest BCUT2D eigenvalue weighted by molar-refractivity contribution is 5.94. The number of rotatable bonds is 6. The first kappa shape index (κ1) is 24.9. The van der Waals surface area contributed by atoms with Gasteiger partial charge in [0.2, 0.25) is 0 Å². The van der Waals surface area contributed by atoms with Crippen molar-refractivity contribution >= 4 is 5.91 Å². The van der Waals surface area contributed by atoms with Crippen molar-refractivity contribution < 1.29 is 35.9 Å². The van der Waals surface area contributed by atoms with Gasteiger partial charge in [0, 0.05) is 12.1 Å². The zero-order valence-electron chi connectivity index (χ0n) is 17.9. The van der Waals surface area contributed by atoms with E-state index in [0.29, 0.717) is 17.9 Å². The third kappa shape index (κ3) is 6.40. The first-order valence-electron chi connectivity index (χ1n) is 10.4. The molecule has 1 fully saturated rings. The van der Waals surface area contributed by atoms with Gasteiger partial charge in [0.15, 0.2) is 0 Å². The molecule has 3 rings (SSSR count). The van der Waals surface area contributed by atoms with Crippen LogP contribution in [0.25, 0.3) is 0 Å². The number of likely N-dealkylation sites (tertiary alicyclic amines) is 1. The summed E-state index contributed by atoms with van der Waals surface area (Å²) < 4.78 is 83.9. The molecular formula is C23H24F6N2O2. The molecule has 0 saturated carbocycles. The maximum Gasteiger partial charge on any atom is 0.416 e. The largest absolute Gasteiger partial charge is 0.497 e. The van der Waals surface area contributed by atoms with Crippen molar-refractivity contribution in [3.8, 4) is 5.75 Å². The number of alkyl halides is 6. The number of amides is 1. The molecule has 1 atom stereocenters. The minimum absolute atomic E-state index is 0.00463. The Bertz CT molecular complexity index is 919. The Labute approximate surface area is 187 Å². The summed E-state index contributed by atoms with van der Waals surface area (Å²) in [6.07, 6.45) is -7.04. The van der Waals surface area contributed by atoms with Gasteiger partial charge in [-0.3, -0.25) is 9.69 Å². The molecule has 180 valence electrons. The first-order chi connectivity index (χ1) is 15.5. The summed E-state index contributed by atoms with van der Waals surface area (Å²) in [5, 5.41) is 2.53. The third-order valence-electron chi connectivity index (χ3n) is 5.64. The van der Waals surface area contributed by atoms with E-state index in [9.17, 15) is 31.1 Å². The molecular weight excluding hydrogens is 450 g/mol. The molecule has 1 saturated heterocycles. The predicted octanol–water partition coefficient (Wildman–Crippen LogP) is 5.69. The second-order valence-corrected chi connectivity index (χ2v) is 7.89. The van der Waals surface area contributed by atoms with E-state index in [4.69, 9.17) is 4.74 Å². The highest BCUT2D eigenvalue weighted by Crippen LogP contribution is 2.36. The Hall–Kier alpha value is -2.75. The fourth-order valence-corrected chi connectivity index (χ4v) is 3.89. The van der Waals surface area contributed by atoms with Crippen molar-refractivity contribution in [2.75, 3.05) is 26.7 Å². The van der Waals surface area contributed by atoms with Crippen molar-refractivity contribution in [1.29, 1.82) is 0 Å². The van der Waals surface area contributed by atoms with Gasteiger partial charge in [-0.25, -0.2) is 0 Å². The van der Waals surface area contributed by atoms with Crippen LogP contribution < -0.4 is 10.1 Å². The Morgan fingerprint density at radius 1 is 0.939 bits per heavy atom. The van der Waals surface area contributed by atoms with Gasteiger partial charge in [0.25, 0.3) is 5.91 Å². The third-order valence-corrected chi connectivity index (χ3v) is 5.64. The second-order valence-electron chi connectivity index (χ2n) is 7.89. The number of methoxy groups -OCH3 is 1. The number of hydrogen-bond acceptors (Lipinski definition) is 3. The SMILES string of the molecule is COc1ccc(C(CNC(=O)c2cc(C(F)(F)F)cc(C(F)(F)F)c2)N2CCCCC2)cc1. The van der Waals surface area contributed by atoms with Gasteiger partial charge in [-0.1, -0.05) is 18.6 Å². The van der Waals surface area contributed by atoms with Crippen molar-refractivity contribution in [3.05, 3.63) is 64.7 Å². The van der Waals surface area contributed by atoms with E-state index in [1.54, 1.807) is 12.1 Å². The minimum atomic E-state index is -5.02. The lowest BCUT2D eigenvalue weighted by Crippen LogP contribution is -2.40. The van der Waals surface area contributed by atoms with Crippen LogP contribution in [-0.2, 0) is 12.4 Å². The van der Waals surface area contributed by atoms with Gasteiger partial charge >= 0.3 is 12.4 Å². The lowest BCUT2D eigenvalue weighted by Gasteiger charge is -2.35. The van der Waals surface area contributed by atoms with Crippen LogP contribution in [0.1, 0.15) is 52.4 Å². The summed E-state index contributed by atoms with van der Waals surface area (Å²) in [5.74, 6) is -0.356. The number of carbonyl (C=O) groups is 1. The number of piperidine rings is 1. The van der Waals surface area contributed by atoms with Crippen LogP contribution in [0, 0.1) is 0 Å². The number of nitrogens with one attached hydrogen (secondary N) is 1. The van der Waals surface area contributed by atoms with E-state index in [-0.39, 0.29) is 18.7 Å². The monoisotopic (exact) mass is 474 g/mol. The molecule has 0 radical (unpaired) electrons. The fraction of sp³-hybridized carbons (Fsp3) is 0.435. The maximum absolute atomic E-state index is 13.1. The summed E-state index contributed by atoms with van der Waals surface area (Å²) in [6.45, 7) is 1.57. The van der Waals surface area contributed by atoms with Gasteiger partial charge in [0.1, 0.15) is 5.75 Å². The smallest absolute Gasteiger partial charge is 0.416 e. The molecule has 0 spiro atoms. The van der Waals surface area contributed by atoms with Crippen LogP contribution in [-0.4, -0.2) is 37.6 Å². The number of halogens is 6. The highest BCUT2D eigenvalue weighted by atomic mass is 19.4. The molecule has 1 unspecified atom stereocenters. The summed E-state index contributed by atoms with van der Waals surface area (Å²) in [6, 6.07) is 7.78. The molecule has 4 nitrogen and oxygen atoms in total. The average molecular weight is 474 g/mol. The number of ether oxygens (including phenoxy) is 1. The molecule has 0 bridgehead atoms. The summed E-state index contributed by atoms with van der Waals surface area (Å²) in [7, 11) is 1.53. The fourth-order valence-electron chi connectivity index (χ4n) is 3.89. The molecule has 1 amide bonds. The van der Waals surface area contributed by atoms with Crippen LogP contribution in [0.3, 0.4) is 0 Å². The lowest BCUT2D eigenvalue weighted by molar-refractivity contribution is -0.143. The molecule has 1 aliphatic heterocycles. The second kappa shape index (κ2) is 10.0. The topological polar surface area (TPSA) is 41.6 Å². The van der Waals surface area contributed by atoms with Gasteiger partial charge in [-0.05, 0) is 61.8 Å². The Kier molecular flexibility index (Phi) is 7.56. The molecule has 10 heteroatoms. The number of benzene rings is 2. The first-order valence-corrected chi connectivity index (χ1v) is 10.4. The van der Waals surface area contributed by atoms with Crippen LogP contribution in [0.2, 0.25) is 0 Å². The van der Waals surface area contributed by atoms with Crippen molar-refractivity contribution in [2.24, 2.45) is 0 Å². The van der Waals surface area contributed by atoms with Crippen LogP contribution >= 0.6 is 0 Å². The Balaban J connectivity index is 1.84. The van der Waals surface area contributed by atoms with Crippen molar-refractivity contribution in [3.63, 3.8) is 0 Å². The minimum Gasteiger partial charge on any atom is -0.497 e. The van der Waals surface area contributed by atoms with Gasteiger partial charge in [-0.2, -0.15) is 26.3 Å². The van der Waals surface area contributed by atoms with E-state index in [2.05, 4.69) is 10.2 Å². The van der Waals surface area contributed by atoms with Crippen molar-refractivity contribution in [2.45, 2.75) is 37.7 Å². The zero-order valence-corrected chi connectivity index (χ0v) is 17.9. The molecule has 33 heavy (non-hydrogen) atoms. The molecule has 2 aromatic rings. The predicted molar refractivity (Wildman–Crippen MR) is 110 cm³/mol. The van der Waals surface area contributed by atoms with Gasteiger partial charge < -0.3 is 10.1 Å².